The van der Waals surface area contributed by atoms with Crippen molar-refractivity contribution < 1.29 is 14.3 Å². The Kier molecular flexibility index (Phi) is 5.54. The molecule has 0 saturated heterocycles. The number of nitrogens with one attached hydrogen (secondary N) is 1. The Hall–Kier alpha value is -3.93. The van der Waals surface area contributed by atoms with E-state index in [9.17, 15) is 9.59 Å². The zero-order valence-corrected chi connectivity index (χ0v) is 17.7. The van der Waals surface area contributed by atoms with Gasteiger partial charge in [0.2, 0.25) is 0 Å². The number of benzene rings is 2. The van der Waals surface area contributed by atoms with Crippen LogP contribution in [0, 0.1) is 13.8 Å². The number of aromatic nitrogens is 1. The lowest BCUT2D eigenvalue weighted by molar-refractivity contribution is -0.137. The van der Waals surface area contributed by atoms with Crippen molar-refractivity contribution >= 4 is 23.1 Å². The number of carbonyl (C=O) groups excluding carboxylic acids is 2. The largest absolute Gasteiger partial charge is 0.496 e. The monoisotopic (exact) mass is 413 g/mol. The summed E-state index contributed by atoms with van der Waals surface area (Å²) >= 11 is 0. The van der Waals surface area contributed by atoms with E-state index in [4.69, 9.17) is 4.74 Å². The molecule has 0 unspecified atom stereocenters. The summed E-state index contributed by atoms with van der Waals surface area (Å²) < 4.78 is 5.48. The number of ether oxygens (including phenoxy) is 1. The van der Waals surface area contributed by atoms with E-state index >= 15 is 0 Å². The Morgan fingerprint density at radius 2 is 1.74 bits per heavy atom. The van der Waals surface area contributed by atoms with Crippen molar-refractivity contribution in [3.05, 3.63) is 94.9 Å². The number of hydrogen-bond donors (Lipinski definition) is 1. The maximum Gasteiger partial charge on any atom is 0.278 e. The molecular weight excluding hydrogens is 390 g/mol. The van der Waals surface area contributed by atoms with Crippen LogP contribution in [0.3, 0.4) is 0 Å². The topological polar surface area (TPSA) is 71.5 Å². The third-order valence-electron chi connectivity index (χ3n) is 5.24. The predicted octanol–water partition coefficient (Wildman–Crippen LogP) is 4.10. The number of rotatable bonds is 6. The van der Waals surface area contributed by atoms with Gasteiger partial charge in [0.05, 0.1) is 24.9 Å². The zero-order valence-electron chi connectivity index (χ0n) is 17.7. The summed E-state index contributed by atoms with van der Waals surface area (Å²) in [6.45, 7) is 4.03. The molecule has 1 aromatic heterocycles. The molecule has 0 atom stereocenters. The Balaban J connectivity index is 1.82. The molecule has 6 heteroatoms. The Bertz CT molecular complexity index is 1190. The van der Waals surface area contributed by atoms with Gasteiger partial charge in [0.1, 0.15) is 11.4 Å². The van der Waals surface area contributed by atoms with E-state index in [1.165, 1.54) is 4.90 Å². The van der Waals surface area contributed by atoms with Crippen LogP contribution >= 0.6 is 0 Å². The summed E-state index contributed by atoms with van der Waals surface area (Å²) in [5.74, 6) is -0.246. The van der Waals surface area contributed by atoms with E-state index in [1.807, 2.05) is 50.2 Å². The minimum Gasteiger partial charge on any atom is -0.496 e. The van der Waals surface area contributed by atoms with Crippen molar-refractivity contribution in [2.75, 3.05) is 12.4 Å². The molecule has 0 radical (unpaired) electrons. The van der Waals surface area contributed by atoms with Gasteiger partial charge in [-0.25, -0.2) is 0 Å². The lowest BCUT2D eigenvalue weighted by atomic mass is 10.0. The second kappa shape index (κ2) is 8.44. The molecular formula is C25H23N3O3. The number of methoxy groups -OCH3 is 1. The van der Waals surface area contributed by atoms with E-state index in [0.29, 0.717) is 22.6 Å². The molecule has 1 aliphatic rings. The minimum atomic E-state index is -0.391. The Morgan fingerprint density at radius 3 is 2.48 bits per heavy atom. The summed E-state index contributed by atoms with van der Waals surface area (Å²) in [7, 11) is 1.55. The Labute approximate surface area is 181 Å². The van der Waals surface area contributed by atoms with Gasteiger partial charge in [0.25, 0.3) is 11.8 Å². The minimum absolute atomic E-state index is 0.0924. The maximum absolute atomic E-state index is 13.5. The van der Waals surface area contributed by atoms with Crippen molar-refractivity contribution in [2.24, 2.45) is 0 Å². The first-order valence-corrected chi connectivity index (χ1v) is 9.97. The molecule has 156 valence electrons. The van der Waals surface area contributed by atoms with Gasteiger partial charge in [-0.1, -0.05) is 36.4 Å². The number of nitrogens with zero attached hydrogens (tertiary/aromatic N) is 2. The van der Waals surface area contributed by atoms with E-state index in [-0.39, 0.29) is 18.1 Å². The van der Waals surface area contributed by atoms with Gasteiger partial charge in [0, 0.05) is 17.4 Å². The van der Waals surface area contributed by atoms with Gasteiger partial charge >= 0.3 is 0 Å². The molecule has 0 bridgehead atoms. The molecule has 1 aliphatic heterocycles. The van der Waals surface area contributed by atoms with E-state index < -0.39 is 5.91 Å². The third-order valence-corrected chi connectivity index (χ3v) is 5.24. The molecule has 2 aromatic carbocycles. The molecule has 2 amide bonds. The van der Waals surface area contributed by atoms with Crippen molar-refractivity contribution in [2.45, 2.75) is 20.4 Å². The van der Waals surface area contributed by atoms with Crippen molar-refractivity contribution in [1.29, 1.82) is 0 Å². The average Bonchev–Trinajstić information content (AvgIpc) is 3.01. The van der Waals surface area contributed by atoms with Crippen LogP contribution in [0.1, 0.15) is 22.4 Å². The summed E-state index contributed by atoms with van der Waals surface area (Å²) in [4.78, 5) is 32.4. The van der Waals surface area contributed by atoms with Gasteiger partial charge in [-0.2, -0.15) is 0 Å². The van der Waals surface area contributed by atoms with Crippen LogP contribution in [0.4, 0.5) is 5.69 Å². The fraction of sp³-hybridized carbons (Fsp3) is 0.160. The van der Waals surface area contributed by atoms with Crippen LogP contribution in [0.2, 0.25) is 0 Å². The first-order valence-electron chi connectivity index (χ1n) is 9.97. The van der Waals surface area contributed by atoms with Gasteiger partial charge in [-0.05, 0) is 49.2 Å². The highest BCUT2D eigenvalue weighted by atomic mass is 16.5. The molecule has 0 fully saturated rings. The van der Waals surface area contributed by atoms with Crippen LogP contribution in [-0.2, 0) is 16.1 Å². The summed E-state index contributed by atoms with van der Waals surface area (Å²) in [5.41, 5.74) is 4.54. The van der Waals surface area contributed by atoms with Crippen LogP contribution in [-0.4, -0.2) is 28.8 Å². The van der Waals surface area contributed by atoms with E-state index in [2.05, 4.69) is 10.3 Å². The second-order valence-corrected chi connectivity index (χ2v) is 7.41. The van der Waals surface area contributed by atoms with Gasteiger partial charge in [-0.3, -0.25) is 19.5 Å². The fourth-order valence-corrected chi connectivity index (χ4v) is 3.60. The molecule has 31 heavy (non-hydrogen) atoms. The first kappa shape index (κ1) is 20.3. The number of hydrogen-bond acceptors (Lipinski definition) is 5. The lowest BCUT2D eigenvalue weighted by Crippen LogP contribution is -2.32. The molecule has 0 aliphatic carbocycles. The molecule has 1 N–H and O–H groups in total. The van der Waals surface area contributed by atoms with E-state index in [0.717, 1.165) is 16.8 Å². The summed E-state index contributed by atoms with van der Waals surface area (Å²) in [5, 5.41) is 3.24. The summed E-state index contributed by atoms with van der Waals surface area (Å²) in [6, 6.07) is 18.6. The quantitative estimate of drug-likeness (QED) is 0.616. The summed E-state index contributed by atoms with van der Waals surface area (Å²) in [6.07, 6.45) is 1.64. The number of para-hydroxylation sites is 1. The van der Waals surface area contributed by atoms with Crippen molar-refractivity contribution in [3.8, 4) is 5.75 Å². The lowest BCUT2D eigenvalue weighted by Gasteiger charge is -2.15. The standard InChI is InChI=1S/C25H23N3O3/c1-16-11-12-17(2)20(14-16)27-23-22(19-9-4-5-10-21(19)31-3)24(29)28(25(23)30)15-18-8-6-7-13-26-18/h4-14,27H,15H2,1-3H3. The van der Waals surface area contributed by atoms with Gasteiger partial charge in [-0.15, -0.1) is 0 Å². The number of carbonyl (C=O) groups is 2. The van der Waals surface area contributed by atoms with Gasteiger partial charge < -0.3 is 10.1 Å². The normalized spacial score (nSPS) is 13.7. The third kappa shape index (κ3) is 3.92. The van der Waals surface area contributed by atoms with Crippen LogP contribution in [0.25, 0.3) is 5.57 Å². The fourth-order valence-electron chi connectivity index (χ4n) is 3.60. The molecule has 6 nitrogen and oxygen atoms in total. The molecule has 2 heterocycles. The van der Waals surface area contributed by atoms with Crippen molar-refractivity contribution in [1.82, 2.24) is 9.88 Å². The maximum atomic E-state index is 13.5. The highest BCUT2D eigenvalue weighted by Crippen LogP contribution is 2.36. The highest BCUT2D eigenvalue weighted by molar-refractivity contribution is 6.37. The van der Waals surface area contributed by atoms with Gasteiger partial charge in [0.15, 0.2) is 0 Å². The number of aryl methyl sites for hydroxylation is 2. The highest BCUT2D eigenvalue weighted by Gasteiger charge is 2.40. The predicted molar refractivity (Wildman–Crippen MR) is 119 cm³/mol. The smallest absolute Gasteiger partial charge is 0.278 e. The average molecular weight is 413 g/mol. The second-order valence-electron chi connectivity index (χ2n) is 7.41. The van der Waals surface area contributed by atoms with Crippen LogP contribution in [0.15, 0.2) is 72.6 Å². The number of amides is 2. The first-order chi connectivity index (χ1) is 15.0. The zero-order chi connectivity index (χ0) is 22.0. The van der Waals surface area contributed by atoms with Crippen LogP contribution < -0.4 is 10.1 Å². The van der Waals surface area contributed by atoms with Crippen molar-refractivity contribution in [3.63, 3.8) is 0 Å². The molecule has 0 spiro atoms. The Morgan fingerprint density at radius 1 is 0.968 bits per heavy atom. The number of anilines is 1. The SMILES string of the molecule is COc1ccccc1C1=C(Nc2cc(C)ccc2C)C(=O)N(Cc2ccccn2)C1=O. The van der Waals surface area contributed by atoms with Crippen LogP contribution in [0.5, 0.6) is 5.75 Å². The van der Waals surface area contributed by atoms with E-state index in [1.54, 1.807) is 37.6 Å². The molecule has 0 saturated carbocycles. The number of pyridine rings is 1. The molecule has 4 rings (SSSR count). The number of imide groups is 1. The molecule has 3 aromatic rings.